The van der Waals surface area contributed by atoms with E-state index >= 15 is 0 Å². The van der Waals surface area contributed by atoms with Gasteiger partial charge in [0.05, 0.1) is 5.56 Å². The third kappa shape index (κ3) is 5.64. The topological polar surface area (TPSA) is 26.0 Å². The van der Waals surface area contributed by atoms with Crippen molar-refractivity contribution in [3.63, 3.8) is 0 Å². The molecule has 1 atom stereocenters. The first-order chi connectivity index (χ1) is 8.95. The fraction of sp³-hybridized carbons (Fsp3) is 0.600. The van der Waals surface area contributed by atoms with Crippen molar-refractivity contribution >= 4 is 0 Å². The average molecular weight is 273 g/mol. The summed E-state index contributed by atoms with van der Waals surface area (Å²) in [6.45, 7) is 2.16. The van der Waals surface area contributed by atoms with Gasteiger partial charge in [0.15, 0.2) is 0 Å². The van der Waals surface area contributed by atoms with E-state index in [0.717, 1.165) is 37.0 Å². The van der Waals surface area contributed by atoms with Crippen molar-refractivity contribution in [2.24, 2.45) is 5.73 Å². The lowest BCUT2D eigenvalue weighted by molar-refractivity contribution is -0.137. The second-order valence-corrected chi connectivity index (χ2v) is 4.93. The Bertz CT molecular complexity index is 357. The van der Waals surface area contributed by atoms with Crippen LogP contribution in [0.25, 0.3) is 0 Å². The van der Waals surface area contributed by atoms with Crippen LogP contribution in [0.5, 0.6) is 0 Å². The molecule has 2 N–H and O–H groups in total. The number of unbranched alkanes of at least 4 members (excludes halogenated alkanes) is 4. The molecular formula is C15H22F3N. The first-order valence-electron chi connectivity index (χ1n) is 6.88. The van der Waals surface area contributed by atoms with Crippen LogP contribution in [0.2, 0.25) is 0 Å². The lowest BCUT2D eigenvalue weighted by Crippen LogP contribution is -2.11. The first kappa shape index (κ1) is 16.0. The molecule has 0 aromatic heterocycles. The van der Waals surface area contributed by atoms with Crippen molar-refractivity contribution in [2.45, 2.75) is 57.7 Å². The molecule has 4 heteroatoms. The second kappa shape index (κ2) is 7.53. The van der Waals surface area contributed by atoms with Crippen LogP contribution in [0.4, 0.5) is 13.2 Å². The van der Waals surface area contributed by atoms with Crippen molar-refractivity contribution in [2.75, 3.05) is 0 Å². The minimum Gasteiger partial charge on any atom is -0.324 e. The van der Waals surface area contributed by atoms with Crippen molar-refractivity contribution in [3.8, 4) is 0 Å². The van der Waals surface area contributed by atoms with Gasteiger partial charge in [-0.05, 0) is 24.1 Å². The molecular weight excluding hydrogens is 251 g/mol. The SMILES string of the molecule is CCCCCCCC(N)c1ccc(C(F)(F)F)cc1. The van der Waals surface area contributed by atoms with Crippen molar-refractivity contribution in [1.82, 2.24) is 0 Å². The number of rotatable bonds is 7. The number of hydrogen-bond donors (Lipinski definition) is 1. The Balaban J connectivity index is 2.42. The van der Waals surface area contributed by atoms with Gasteiger partial charge < -0.3 is 5.73 Å². The van der Waals surface area contributed by atoms with Crippen LogP contribution in [0.1, 0.15) is 62.6 Å². The molecule has 0 saturated heterocycles. The Labute approximate surface area is 113 Å². The highest BCUT2D eigenvalue weighted by atomic mass is 19.4. The van der Waals surface area contributed by atoms with Crippen LogP contribution in [-0.2, 0) is 6.18 Å². The third-order valence-electron chi connectivity index (χ3n) is 3.28. The van der Waals surface area contributed by atoms with E-state index in [1.165, 1.54) is 31.4 Å². The summed E-state index contributed by atoms with van der Waals surface area (Å²) in [5, 5.41) is 0. The molecule has 108 valence electrons. The van der Waals surface area contributed by atoms with Crippen LogP contribution < -0.4 is 5.73 Å². The lowest BCUT2D eigenvalue weighted by Gasteiger charge is -2.13. The molecule has 1 unspecified atom stereocenters. The quantitative estimate of drug-likeness (QED) is 0.690. The monoisotopic (exact) mass is 273 g/mol. The molecule has 19 heavy (non-hydrogen) atoms. The van der Waals surface area contributed by atoms with E-state index in [1.807, 2.05) is 0 Å². The Morgan fingerprint density at radius 1 is 1.00 bits per heavy atom. The molecule has 0 aliphatic carbocycles. The van der Waals surface area contributed by atoms with Crippen molar-refractivity contribution < 1.29 is 13.2 Å². The molecule has 0 spiro atoms. The molecule has 0 aliphatic rings. The van der Waals surface area contributed by atoms with E-state index in [9.17, 15) is 13.2 Å². The number of halogens is 3. The minimum absolute atomic E-state index is 0.163. The van der Waals surface area contributed by atoms with E-state index in [-0.39, 0.29) is 6.04 Å². The van der Waals surface area contributed by atoms with E-state index in [2.05, 4.69) is 6.92 Å². The predicted octanol–water partition coefficient (Wildman–Crippen LogP) is 5.07. The van der Waals surface area contributed by atoms with E-state index < -0.39 is 11.7 Å². The van der Waals surface area contributed by atoms with E-state index in [4.69, 9.17) is 5.73 Å². The number of alkyl halides is 3. The molecule has 0 aliphatic heterocycles. The summed E-state index contributed by atoms with van der Waals surface area (Å²) in [5.41, 5.74) is 6.15. The first-order valence-corrected chi connectivity index (χ1v) is 6.88. The Morgan fingerprint density at radius 3 is 2.11 bits per heavy atom. The standard InChI is InChI=1S/C15H22F3N/c1-2-3-4-5-6-7-14(19)12-8-10-13(11-9-12)15(16,17)18/h8-11,14H,2-7,19H2,1H3. The zero-order chi connectivity index (χ0) is 14.3. The Hall–Kier alpha value is -1.03. The van der Waals surface area contributed by atoms with Crippen LogP contribution in [0, 0.1) is 0 Å². The minimum atomic E-state index is -4.28. The number of nitrogens with two attached hydrogens (primary N) is 1. The largest absolute Gasteiger partial charge is 0.416 e. The highest BCUT2D eigenvalue weighted by Gasteiger charge is 2.30. The van der Waals surface area contributed by atoms with Gasteiger partial charge in [0.25, 0.3) is 0 Å². The van der Waals surface area contributed by atoms with E-state index in [0.29, 0.717) is 0 Å². The molecule has 1 aromatic carbocycles. The van der Waals surface area contributed by atoms with Crippen molar-refractivity contribution in [1.29, 1.82) is 0 Å². The summed E-state index contributed by atoms with van der Waals surface area (Å²) in [6, 6.07) is 5.02. The van der Waals surface area contributed by atoms with Crippen LogP contribution in [0.15, 0.2) is 24.3 Å². The predicted molar refractivity (Wildman–Crippen MR) is 71.7 cm³/mol. The molecule has 1 nitrogen and oxygen atoms in total. The molecule has 1 aromatic rings. The highest BCUT2D eigenvalue weighted by molar-refractivity contribution is 5.26. The summed E-state index contributed by atoms with van der Waals surface area (Å²) >= 11 is 0. The summed E-state index contributed by atoms with van der Waals surface area (Å²) < 4.78 is 37.2. The summed E-state index contributed by atoms with van der Waals surface area (Å²) in [6.07, 6.45) is 2.36. The summed E-state index contributed by atoms with van der Waals surface area (Å²) in [5.74, 6) is 0. The Kier molecular flexibility index (Phi) is 6.35. The number of hydrogen-bond acceptors (Lipinski definition) is 1. The maximum absolute atomic E-state index is 12.4. The smallest absolute Gasteiger partial charge is 0.324 e. The van der Waals surface area contributed by atoms with Gasteiger partial charge >= 0.3 is 6.18 Å². The van der Waals surface area contributed by atoms with Gasteiger partial charge in [-0.1, -0.05) is 51.2 Å². The van der Waals surface area contributed by atoms with Gasteiger partial charge in [-0.2, -0.15) is 13.2 Å². The molecule has 0 fully saturated rings. The molecule has 0 bridgehead atoms. The zero-order valence-electron chi connectivity index (χ0n) is 11.3. The van der Waals surface area contributed by atoms with Gasteiger partial charge in [-0.25, -0.2) is 0 Å². The van der Waals surface area contributed by atoms with Gasteiger partial charge in [-0.15, -0.1) is 0 Å². The fourth-order valence-electron chi connectivity index (χ4n) is 2.05. The van der Waals surface area contributed by atoms with Crippen molar-refractivity contribution in [3.05, 3.63) is 35.4 Å². The molecule has 0 amide bonds. The lowest BCUT2D eigenvalue weighted by atomic mass is 9.99. The highest BCUT2D eigenvalue weighted by Crippen LogP contribution is 2.30. The maximum Gasteiger partial charge on any atom is 0.416 e. The van der Waals surface area contributed by atoms with Gasteiger partial charge in [0.2, 0.25) is 0 Å². The normalized spacial score (nSPS) is 13.5. The number of benzene rings is 1. The summed E-state index contributed by atoms with van der Waals surface area (Å²) in [7, 11) is 0. The molecule has 0 saturated carbocycles. The van der Waals surface area contributed by atoms with E-state index in [1.54, 1.807) is 0 Å². The molecule has 0 heterocycles. The average Bonchev–Trinajstić information content (AvgIpc) is 2.37. The molecule has 0 radical (unpaired) electrons. The van der Waals surface area contributed by atoms with Gasteiger partial charge in [-0.3, -0.25) is 0 Å². The Morgan fingerprint density at radius 2 is 1.58 bits per heavy atom. The van der Waals surface area contributed by atoms with Gasteiger partial charge in [0.1, 0.15) is 0 Å². The fourth-order valence-corrected chi connectivity index (χ4v) is 2.05. The maximum atomic E-state index is 12.4. The zero-order valence-corrected chi connectivity index (χ0v) is 11.3. The van der Waals surface area contributed by atoms with Crippen LogP contribution in [0.3, 0.4) is 0 Å². The van der Waals surface area contributed by atoms with Gasteiger partial charge in [0, 0.05) is 6.04 Å². The van der Waals surface area contributed by atoms with Crippen LogP contribution in [-0.4, -0.2) is 0 Å². The van der Waals surface area contributed by atoms with Crippen LogP contribution >= 0.6 is 0 Å². The second-order valence-electron chi connectivity index (χ2n) is 4.93. The molecule has 1 rings (SSSR count). The third-order valence-corrected chi connectivity index (χ3v) is 3.28. The summed E-state index contributed by atoms with van der Waals surface area (Å²) in [4.78, 5) is 0.